The fourth-order valence-corrected chi connectivity index (χ4v) is 4.39. The molecule has 0 saturated carbocycles. The van der Waals surface area contributed by atoms with Gasteiger partial charge >= 0.3 is 11.9 Å². The first-order valence-electron chi connectivity index (χ1n) is 6.75. The number of sulfonamides is 1. The Hall–Kier alpha value is -2.37. The number of methoxy groups -OCH3 is 3. The zero-order valence-corrected chi connectivity index (χ0v) is 16.1. The van der Waals surface area contributed by atoms with E-state index in [0.717, 1.165) is 18.4 Å². The van der Waals surface area contributed by atoms with Crippen LogP contribution in [0.2, 0.25) is 5.02 Å². The van der Waals surface area contributed by atoms with Crippen LogP contribution < -0.4 is 9.46 Å². The zero-order chi connectivity index (χ0) is 19.5. The van der Waals surface area contributed by atoms with Gasteiger partial charge in [-0.2, -0.15) is 0 Å². The van der Waals surface area contributed by atoms with Crippen molar-refractivity contribution in [3.05, 3.63) is 33.9 Å². The number of esters is 2. The fourth-order valence-electron chi connectivity index (χ4n) is 1.92. The number of nitrogens with one attached hydrogen (secondary N) is 1. The standard InChI is InChI=1S/C14H13ClN2O7S2/c1-22-10-5-9(8(15)4-7(10)12(18)23-2)17-26(20,21)14-11(13(19)24-3)16-6-25-14/h4-6,17H,1-3H3. The average Bonchev–Trinajstić information content (AvgIpc) is 3.12. The molecular weight excluding hydrogens is 408 g/mol. The second kappa shape index (κ2) is 7.89. The van der Waals surface area contributed by atoms with Crippen molar-refractivity contribution in [3.63, 3.8) is 0 Å². The molecule has 12 heteroatoms. The molecule has 140 valence electrons. The van der Waals surface area contributed by atoms with Crippen molar-refractivity contribution in [2.75, 3.05) is 26.1 Å². The van der Waals surface area contributed by atoms with E-state index >= 15 is 0 Å². The lowest BCUT2D eigenvalue weighted by Gasteiger charge is -2.13. The van der Waals surface area contributed by atoms with Crippen LogP contribution in [-0.4, -0.2) is 46.7 Å². The molecule has 0 radical (unpaired) electrons. The van der Waals surface area contributed by atoms with E-state index in [4.69, 9.17) is 16.3 Å². The molecule has 0 atom stereocenters. The van der Waals surface area contributed by atoms with Gasteiger partial charge in [0, 0.05) is 6.07 Å². The van der Waals surface area contributed by atoms with E-state index in [2.05, 4.69) is 19.2 Å². The van der Waals surface area contributed by atoms with Gasteiger partial charge in [0.2, 0.25) is 0 Å². The number of rotatable bonds is 6. The Morgan fingerprint density at radius 1 is 1.15 bits per heavy atom. The molecular formula is C14H13ClN2O7S2. The van der Waals surface area contributed by atoms with Crippen LogP contribution in [0.4, 0.5) is 5.69 Å². The molecule has 26 heavy (non-hydrogen) atoms. The lowest BCUT2D eigenvalue weighted by atomic mass is 10.2. The first kappa shape index (κ1) is 19.9. The van der Waals surface area contributed by atoms with Gasteiger partial charge in [-0.3, -0.25) is 4.72 Å². The van der Waals surface area contributed by atoms with Crippen molar-refractivity contribution in [1.29, 1.82) is 0 Å². The van der Waals surface area contributed by atoms with Gasteiger partial charge in [-0.15, -0.1) is 11.3 Å². The van der Waals surface area contributed by atoms with E-state index in [1.807, 2.05) is 0 Å². The average molecular weight is 421 g/mol. The summed E-state index contributed by atoms with van der Waals surface area (Å²) in [5.74, 6) is -1.54. The maximum absolute atomic E-state index is 12.6. The van der Waals surface area contributed by atoms with Gasteiger partial charge in [-0.1, -0.05) is 11.6 Å². The molecule has 0 aliphatic rings. The Balaban J connectivity index is 2.46. The van der Waals surface area contributed by atoms with E-state index in [1.54, 1.807) is 0 Å². The molecule has 1 N–H and O–H groups in total. The van der Waals surface area contributed by atoms with Crippen LogP contribution >= 0.6 is 22.9 Å². The van der Waals surface area contributed by atoms with Crippen LogP contribution in [0, 0.1) is 0 Å². The van der Waals surface area contributed by atoms with Crippen molar-refractivity contribution in [1.82, 2.24) is 4.98 Å². The van der Waals surface area contributed by atoms with Gasteiger partial charge in [0.15, 0.2) is 9.90 Å². The van der Waals surface area contributed by atoms with Crippen LogP contribution in [0.15, 0.2) is 21.9 Å². The third-order valence-corrected chi connectivity index (χ3v) is 6.14. The Kier molecular flexibility index (Phi) is 6.05. The largest absolute Gasteiger partial charge is 0.496 e. The summed E-state index contributed by atoms with van der Waals surface area (Å²) in [7, 11) is -0.600. The molecule has 0 saturated heterocycles. The van der Waals surface area contributed by atoms with E-state index in [0.29, 0.717) is 0 Å². The number of nitrogens with zero attached hydrogens (tertiary/aromatic N) is 1. The monoisotopic (exact) mass is 420 g/mol. The fraction of sp³-hybridized carbons (Fsp3) is 0.214. The molecule has 1 heterocycles. The highest BCUT2D eigenvalue weighted by Crippen LogP contribution is 2.33. The molecule has 1 aromatic heterocycles. The number of ether oxygens (including phenoxy) is 3. The molecule has 1 aromatic carbocycles. The minimum atomic E-state index is -4.19. The van der Waals surface area contributed by atoms with Crippen molar-refractivity contribution in [2.24, 2.45) is 0 Å². The third-order valence-electron chi connectivity index (χ3n) is 3.10. The Labute approximate surface area is 157 Å². The summed E-state index contributed by atoms with van der Waals surface area (Å²) in [4.78, 5) is 27.1. The number of hydrogen-bond acceptors (Lipinski definition) is 9. The molecule has 2 rings (SSSR count). The lowest BCUT2D eigenvalue weighted by Crippen LogP contribution is -2.16. The topological polar surface area (TPSA) is 121 Å². The molecule has 0 spiro atoms. The number of hydrogen-bond donors (Lipinski definition) is 1. The Morgan fingerprint density at radius 2 is 1.81 bits per heavy atom. The van der Waals surface area contributed by atoms with Crippen LogP contribution in [0.25, 0.3) is 0 Å². The van der Waals surface area contributed by atoms with E-state index < -0.39 is 22.0 Å². The first-order chi connectivity index (χ1) is 12.2. The van der Waals surface area contributed by atoms with Crippen molar-refractivity contribution >= 4 is 50.6 Å². The molecule has 0 amide bonds. The van der Waals surface area contributed by atoms with E-state index in [9.17, 15) is 18.0 Å². The molecule has 0 unspecified atom stereocenters. The highest BCUT2D eigenvalue weighted by molar-refractivity contribution is 7.94. The normalized spacial score (nSPS) is 10.9. The predicted molar refractivity (Wildman–Crippen MR) is 93.6 cm³/mol. The summed E-state index contributed by atoms with van der Waals surface area (Å²) in [5, 5.41) is -0.0705. The number of benzene rings is 1. The number of thiazole rings is 1. The maximum atomic E-state index is 12.6. The number of anilines is 1. The van der Waals surface area contributed by atoms with Crippen molar-refractivity contribution in [3.8, 4) is 5.75 Å². The van der Waals surface area contributed by atoms with Crippen LogP contribution in [0.1, 0.15) is 20.8 Å². The van der Waals surface area contributed by atoms with E-state index in [-0.39, 0.29) is 31.9 Å². The summed E-state index contributed by atoms with van der Waals surface area (Å²) >= 11 is 6.80. The van der Waals surface area contributed by atoms with Crippen LogP contribution in [-0.2, 0) is 19.5 Å². The van der Waals surface area contributed by atoms with Crippen LogP contribution in [0.3, 0.4) is 0 Å². The van der Waals surface area contributed by atoms with Crippen LogP contribution in [0.5, 0.6) is 5.75 Å². The highest BCUT2D eigenvalue weighted by Gasteiger charge is 2.28. The van der Waals surface area contributed by atoms with Gasteiger partial charge < -0.3 is 14.2 Å². The molecule has 9 nitrogen and oxygen atoms in total. The molecule has 2 aromatic rings. The summed E-state index contributed by atoms with van der Waals surface area (Å²) in [6.07, 6.45) is 0. The first-order valence-corrected chi connectivity index (χ1v) is 9.49. The summed E-state index contributed by atoms with van der Waals surface area (Å²) in [6, 6.07) is 2.43. The maximum Gasteiger partial charge on any atom is 0.358 e. The number of halogens is 1. The molecule has 0 aliphatic carbocycles. The molecule has 0 fully saturated rings. The van der Waals surface area contributed by atoms with Gasteiger partial charge in [0.25, 0.3) is 10.0 Å². The summed E-state index contributed by atoms with van der Waals surface area (Å²) in [5.41, 5.74) is 0.819. The molecule has 0 aliphatic heterocycles. The second-order valence-corrected chi connectivity index (χ2v) is 7.75. The number of aromatic nitrogens is 1. The number of carbonyl (C=O) groups is 2. The van der Waals surface area contributed by atoms with Gasteiger partial charge in [-0.05, 0) is 6.07 Å². The van der Waals surface area contributed by atoms with Gasteiger partial charge in [0.05, 0.1) is 37.5 Å². The predicted octanol–water partition coefficient (Wildman–Crippen LogP) is 2.18. The van der Waals surface area contributed by atoms with Crippen molar-refractivity contribution in [2.45, 2.75) is 4.21 Å². The highest BCUT2D eigenvalue weighted by atomic mass is 35.5. The summed E-state index contributed by atoms with van der Waals surface area (Å²) < 4.78 is 41.3. The lowest BCUT2D eigenvalue weighted by molar-refractivity contribution is 0.0584. The van der Waals surface area contributed by atoms with Gasteiger partial charge in [-0.25, -0.2) is 23.0 Å². The van der Waals surface area contributed by atoms with E-state index in [1.165, 1.54) is 31.9 Å². The smallest absolute Gasteiger partial charge is 0.358 e. The second-order valence-electron chi connectivity index (χ2n) is 4.61. The zero-order valence-electron chi connectivity index (χ0n) is 13.7. The minimum Gasteiger partial charge on any atom is -0.496 e. The van der Waals surface area contributed by atoms with Crippen molar-refractivity contribution < 1.29 is 32.2 Å². The summed E-state index contributed by atoms with van der Waals surface area (Å²) in [6.45, 7) is 0. The molecule has 0 bridgehead atoms. The quantitative estimate of drug-likeness (QED) is 0.706. The Bertz CT molecular complexity index is 956. The number of carbonyl (C=O) groups excluding carboxylic acids is 2. The Morgan fingerprint density at radius 3 is 2.38 bits per heavy atom. The minimum absolute atomic E-state index is 0.0241. The van der Waals surface area contributed by atoms with Gasteiger partial charge in [0.1, 0.15) is 11.3 Å². The third kappa shape index (κ3) is 3.89. The SMILES string of the molecule is COC(=O)c1cc(Cl)c(NS(=O)(=O)c2scnc2C(=O)OC)cc1OC.